The standard InChI is InChI=1S/C19H25N3O3/c1-14-12-16(24)17(21-22(14)15-8-5-4-6-9-15)18(25)20-11-7-10-19(2,3)13-23/h4-6,8-9,12,23H,7,10-11,13H2,1-3H3,(H,20,25). The van der Waals surface area contributed by atoms with E-state index in [1.807, 2.05) is 44.2 Å². The maximum Gasteiger partial charge on any atom is 0.275 e. The SMILES string of the molecule is Cc1cc(=O)c(C(=O)NCCCC(C)(C)CO)nn1-c1ccccc1. The van der Waals surface area contributed by atoms with Gasteiger partial charge in [0.05, 0.1) is 5.69 Å². The summed E-state index contributed by atoms with van der Waals surface area (Å²) in [5.41, 5.74) is 0.775. The van der Waals surface area contributed by atoms with Crippen LogP contribution in [-0.4, -0.2) is 33.9 Å². The number of amides is 1. The minimum absolute atomic E-state index is 0.0995. The van der Waals surface area contributed by atoms with Crippen molar-refractivity contribution < 1.29 is 9.90 Å². The van der Waals surface area contributed by atoms with Crippen LogP contribution in [0.1, 0.15) is 42.9 Å². The van der Waals surface area contributed by atoms with Crippen LogP contribution in [-0.2, 0) is 0 Å². The number of aliphatic hydroxyl groups is 1. The van der Waals surface area contributed by atoms with Crippen molar-refractivity contribution in [3.63, 3.8) is 0 Å². The lowest BCUT2D eigenvalue weighted by molar-refractivity contribution is 0.0940. The maximum atomic E-state index is 12.3. The molecular formula is C19H25N3O3. The molecule has 0 aliphatic rings. The van der Waals surface area contributed by atoms with Crippen molar-refractivity contribution in [2.75, 3.05) is 13.2 Å². The van der Waals surface area contributed by atoms with E-state index < -0.39 is 11.3 Å². The lowest BCUT2D eigenvalue weighted by Gasteiger charge is -2.21. The topological polar surface area (TPSA) is 84.2 Å². The number of hydrogen-bond acceptors (Lipinski definition) is 4. The number of aromatic nitrogens is 2. The Hall–Kier alpha value is -2.47. The van der Waals surface area contributed by atoms with Gasteiger partial charge in [0.2, 0.25) is 5.43 Å². The third-order valence-electron chi connectivity index (χ3n) is 4.07. The van der Waals surface area contributed by atoms with E-state index in [4.69, 9.17) is 0 Å². The quantitative estimate of drug-likeness (QED) is 0.754. The zero-order valence-electron chi connectivity index (χ0n) is 15.0. The molecule has 0 aliphatic carbocycles. The highest BCUT2D eigenvalue weighted by Gasteiger charge is 2.17. The lowest BCUT2D eigenvalue weighted by Crippen LogP contribution is -2.33. The van der Waals surface area contributed by atoms with Gasteiger partial charge in [-0.05, 0) is 37.3 Å². The van der Waals surface area contributed by atoms with Crippen molar-refractivity contribution in [1.29, 1.82) is 0 Å². The summed E-state index contributed by atoms with van der Waals surface area (Å²) in [5, 5.41) is 16.2. The number of carbonyl (C=O) groups is 1. The molecule has 0 spiro atoms. The van der Waals surface area contributed by atoms with Crippen LogP contribution >= 0.6 is 0 Å². The second kappa shape index (κ2) is 8.07. The van der Waals surface area contributed by atoms with Crippen LogP contribution in [0.3, 0.4) is 0 Å². The van der Waals surface area contributed by atoms with Crippen LogP contribution in [0.5, 0.6) is 0 Å². The molecule has 0 bridgehead atoms. The van der Waals surface area contributed by atoms with E-state index in [0.717, 1.165) is 18.5 Å². The van der Waals surface area contributed by atoms with E-state index in [0.29, 0.717) is 12.2 Å². The molecule has 0 saturated carbocycles. The van der Waals surface area contributed by atoms with Crippen molar-refractivity contribution in [1.82, 2.24) is 15.1 Å². The monoisotopic (exact) mass is 343 g/mol. The zero-order valence-corrected chi connectivity index (χ0v) is 15.0. The van der Waals surface area contributed by atoms with Gasteiger partial charge in [-0.3, -0.25) is 9.59 Å². The second-order valence-corrected chi connectivity index (χ2v) is 6.93. The number of carbonyl (C=O) groups excluding carboxylic acids is 1. The first-order chi connectivity index (χ1) is 11.8. The summed E-state index contributed by atoms with van der Waals surface area (Å²) in [6.45, 7) is 6.24. The van der Waals surface area contributed by atoms with E-state index in [1.165, 1.54) is 6.07 Å². The number of nitrogens with one attached hydrogen (secondary N) is 1. The fourth-order valence-corrected chi connectivity index (χ4v) is 2.47. The molecule has 0 unspecified atom stereocenters. The van der Waals surface area contributed by atoms with Gasteiger partial charge in [-0.15, -0.1) is 0 Å². The van der Waals surface area contributed by atoms with Crippen LogP contribution in [0.25, 0.3) is 5.69 Å². The number of aryl methyl sites for hydroxylation is 1. The third kappa shape index (κ3) is 5.00. The van der Waals surface area contributed by atoms with Crippen molar-refractivity contribution >= 4 is 5.91 Å². The molecule has 0 saturated heterocycles. The number of rotatable bonds is 7. The van der Waals surface area contributed by atoms with Crippen molar-refractivity contribution in [3.8, 4) is 5.69 Å². The van der Waals surface area contributed by atoms with E-state index in [1.54, 1.807) is 11.6 Å². The molecule has 2 rings (SSSR count). The van der Waals surface area contributed by atoms with Crippen LogP contribution in [0.2, 0.25) is 0 Å². The van der Waals surface area contributed by atoms with Gasteiger partial charge in [-0.1, -0.05) is 32.0 Å². The molecule has 2 aromatic rings. The molecule has 6 heteroatoms. The Morgan fingerprint density at radius 2 is 1.96 bits per heavy atom. The molecule has 0 radical (unpaired) electrons. The average molecular weight is 343 g/mol. The van der Waals surface area contributed by atoms with Gasteiger partial charge in [0, 0.05) is 24.9 Å². The van der Waals surface area contributed by atoms with E-state index in [9.17, 15) is 14.7 Å². The molecule has 25 heavy (non-hydrogen) atoms. The van der Waals surface area contributed by atoms with Gasteiger partial charge < -0.3 is 10.4 Å². The summed E-state index contributed by atoms with van der Waals surface area (Å²) in [6, 6.07) is 10.8. The molecule has 1 amide bonds. The summed E-state index contributed by atoms with van der Waals surface area (Å²) >= 11 is 0. The number of aliphatic hydroxyl groups excluding tert-OH is 1. The fraction of sp³-hybridized carbons (Fsp3) is 0.421. The minimum atomic E-state index is -0.475. The number of para-hydroxylation sites is 1. The van der Waals surface area contributed by atoms with Crippen LogP contribution in [0.4, 0.5) is 0 Å². The Kier molecular flexibility index (Phi) is 6.09. The Balaban J connectivity index is 2.11. The average Bonchev–Trinajstić information content (AvgIpc) is 2.59. The Bertz CT molecular complexity index is 782. The molecule has 2 N–H and O–H groups in total. The summed E-state index contributed by atoms with van der Waals surface area (Å²) in [7, 11) is 0. The number of nitrogens with zero attached hydrogens (tertiary/aromatic N) is 2. The molecule has 0 atom stereocenters. The largest absolute Gasteiger partial charge is 0.396 e. The molecule has 1 aromatic carbocycles. The maximum absolute atomic E-state index is 12.3. The molecule has 0 aliphatic heterocycles. The van der Waals surface area contributed by atoms with Gasteiger partial charge in [-0.25, -0.2) is 4.68 Å². The Morgan fingerprint density at radius 1 is 1.28 bits per heavy atom. The van der Waals surface area contributed by atoms with Gasteiger partial charge >= 0.3 is 0 Å². The van der Waals surface area contributed by atoms with Crippen LogP contribution in [0, 0.1) is 12.3 Å². The number of hydrogen-bond donors (Lipinski definition) is 2. The highest BCUT2D eigenvalue weighted by Crippen LogP contribution is 2.20. The molecule has 6 nitrogen and oxygen atoms in total. The smallest absolute Gasteiger partial charge is 0.275 e. The van der Waals surface area contributed by atoms with Crippen molar-refractivity contribution in [3.05, 3.63) is 58.0 Å². The Morgan fingerprint density at radius 3 is 2.60 bits per heavy atom. The molecular weight excluding hydrogens is 318 g/mol. The highest BCUT2D eigenvalue weighted by atomic mass is 16.3. The first kappa shape index (κ1) is 18.9. The Labute approximate surface area is 147 Å². The summed E-state index contributed by atoms with van der Waals surface area (Å²) in [6.07, 6.45) is 1.50. The molecule has 1 aromatic heterocycles. The van der Waals surface area contributed by atoms with Gasteiger partial charge in [0.25, 0.3) is 5.91 Å². The van der Waals surface area contributed by atoms with Crippen molar-refractivity contribution in [2.24, 2.45) is 5.41 Å². The van der Waals surface area contributed by atoms with Crippen LogP contribution < -0.4 is 10.7 Å². The fourth-order valence-electron chi connectivity index (χ4n) is 2.47. The normalized spacial score (nSPS) is 11.4. The third-order valence-corrected chi connectivity index (χ3v) is 4.07. The van der Waals surface area contributed by atoms with E-state index in [2.05, 4.69) is 10.4 Å². The molecule has 0 fully saturated rings. The van der Waals surface area contributed by atoms with E-state index in [-0.39, 0.29) is 17.7 Å². The van der Waals surface area contributed by atoms with E-state index >= 15 is 0 Å². The summed E-state index contributed by atoms with van der Waals surface area (Å²) in [4.78, 5) is 24.5. The zero-order chi connectivity index (χ0) is 18.4. The van der Waals surface area contributed by atoms with Gasteiger partial charge in [-0.2, -0.15) is 5.10 Å². The lowest BCUT2D eigenvalue weighted by atomic mass is 9.89. The first-order valence-electron chi connectivity index (χ1n) is 8.39. The number of benzene rings is 1. The predicted molar refractivity (Wildman–Crippen MR) is 97.0 cm³/mol. The van der Waals surface area contributed by atoms with Gasteiger partial charge in [0.15, 0.2) is 5.69 Å². The highest BCUT2D eigenvalue weighted by molar-refractivity contribution is 5.92. The van der Waals surface area contributed by atoms with Crippen LogP contribution in [0.15, 0.2) is 41.2 Å². The molecule has 134 valence electrons. The summed E-state index contributed by atoms with van der Waals surface area (Å²) < 4.78 is 1.59. The summed E-state index contributed by atoms with van der Waals surface area (Å²) in [5.74, 6) is -0.475. The minimum Gasteiger partial charge on any atom is -0.396 e. The van der Waals surface area contributed by atoms with Crippen molar-refractivity contribution in [2.45, 2.75) is 33.6 Å². The first-order valence-corrected chi connectivity index (χ1v) is 8.39. The predicted octanol–water partition coefficient (Wildman–Crippen LogP) is 2.07. The van der Waals surface area contributed by atoms with Gasteiger partial charge in [0.1, 0.15) is 0 Å². The molecule has 1 heterocycles. The second-order valence-electron chi connectivity index (χ2n) is 6.93.